The van der Waals surface area contributed by atoms with E-state index in [2.05, 4.69) is 61.5 Å². The van der Waals surface area contributed by atoms with Gasteiger partial charge in [0.1, 0.15) is 0 Å². The average molecular weight is 313 g/mol. The Morgan fingerprint density at radius 3 is 2.58 bits per heavy atom. The minimum absolute atomic E-state index is 1.19. The zero-order valence-electron chi connectivity index (χ0n) is 14.6. The van der Waals surface area contributed by atoms with E-state index in [9.17, 15) is 0 Å². The van der Waals surface area contributed by atoms with Crippen molar-refractivity contribution in [3.8, 4) is 0 Å². The average Bonchev–Trinajstić information content (AvgIpc) is 2.63. The van der Waals surface area contributed by atoms with Crippen molar-refractivity contribution in [1.29, 1.82) is 0 Å². The Bertz CT molecular complexity index is 948. The van der Waals surface area contributed by atoms with Crippen LogP contribution in [0, 0.1) is 6.07 Å². The van der Waals surface area contributed by atoms with Gasteiger partial charge in [-0.15, -0.1) is 0 Å². The van der Waals surface area contributed by atoms with Crippen LogP contribution in [0.2, 0.25) is 0 Å². The first kappa shape index (κ1) is 15.4. The Hall–Kier alpha value is -2.08. The smallest absolute Gasteiger partial charge is 0.00204 e. The van der Waals surface area contributed by atoms with E-state index in [1.807, 2.05) is 0 Å². The third-order valence-electron chi connectivity index (χ3n) is 5.31. The minimum Gasteiger partial charge on any atom is -0.0654 e. The number of rotatable bonds is 7. The van der Waals surface area contributed by atoms with Crippen LogP contribution in [0.15, 0.2) is 48.5 Å². The lowest BCUT2D eigenvalue weighted by Crippen LogP contribution is -1.92. The van der Waals surface area contributed by atoms with Gasteiger partial charge in [-0.25, -0.2) is 0 Å². The molecule has 0 aliphatic heterocycles. The molecule has 0 aromatic heterocycles. The van der Waals surface area contributed by atoms with Crippen molar-refractivity contribution in [2.45, 2.75) is 51.9 Å². The van der Waals surface area contributed by atoms with Crippen molar-refractivity contribution in [2.24, 2.45) is 0 Å². The summed E-state index contributed by atoms with van der Waals surface area (Å²) in [4.78, 5) is 0. The Balaban J connectivity index is 1.70. The zero-order chi connectivity index (χ0) is 16.4. The van der Waals surface area contributed by atoms with E-state index in [1.54, 1.807) is 0 Å². The maximum absolute atomic E-state index is 3.40. The van der Waals surface area contributed by atoms with Gasteiger partial charge in [-0.05, 0) is 56.8 Å². The first-order valence-corrected chi connectivity index (χ1v) is 9.45. The van der Waals surface area contributed by atoms with Crippen LogP contribution in [0.25, 0.3) is 32.3 Å². The molecule has 0 atom stereocenters. The van der Waals surface area contributed by atoms with Crippen molar-refractivity contribution in [1.82, 2.24) is 0 Å². The van der Waals surface area contributed by atoms with Crippen LogP contribution in [-0.4, -0.2) is 0 Å². The van der Waals surface area contributed by atoms with Gasteiger partial charge in [0.05, 0.1) is 0 Å². The van der Waals surface area contributed by atoms with Gasteiger partial charge >= 0.3 is 0 Å². The monoisotopic (exact) mass is 313 g/mol. The molecule has 0 saturated carbocycles. The molecule has 1 radical (unpaired) electrons. The van der Waals surface area contributed by atoms with E-state index in [0.717, 1.165) is 0 Å². The minimum atomic E-state index is 1.19. The third-order valence-corrected chi connectivity index (χ3v) is 5.31. The second-order valence-electron chi connectivity index (χ2n) is 7.01. The molecule has 4 aromatic carbocycles. The molecule has 0 spiro atoms. The van der Waals surface area contributed by atoms with E-state index in [4.69, 9.17) is 0 Å². The van der Waals surface area contributed by atoms with E-state index in [0.29, 0.717) is 0 Å². The largest absolute Gasteiger partial charge is 0.0654 e. The fourth-order valence-corrected chi connectivity index (χ4v) is 4.06. The summed E-state index contributed by atoms with van der Waals surface area (Å²) in [6.45, 7) is 2.28. The molecule has 121 valence electrons. The third kappa shape index (κ3) is 2.75. The molecular formula is C24H25. The Labute approximate surface area is 144 Å². The lowest BCUT2D eigenvalue weighted by molar-refractivity contribution is 0.608. The van der Waals surface area contributed by atoms with Gasteiger partial charge in [0.15, 0.2) is 0 Å². The molecule has 24 heavy (non-hydrogen) atoms. The number of unbranched alkanes of at least 4 members (excludes halogenated alkanes) is 5. The van der Waals surface area contributed by atoms with Gasteiger partial charge in [-0.1, -0.05) is 87.6 Å². The molecule has 0 aliphatic rings. The highest BCUT2D eigenvalue weighted by Crippen LogP contribution is 2.36. The van der Waals surface area contributed by atoms with Gasteiger partial charge in [0.2, 0.25) is 0 Å². The number of benzene rings is 4. The Kier molecular flexibility index (Phi) is 4.38. The topological polar surface area (TPSA) is 0 Å². The maximum Gasteiger partial charge on any atom is -0.00204 e. The molecule has 4 aromatic rings. The van der Waals surface area contributed by atoms with Crippen molar-refractivity contribution in [3.05, 3.63) is 60.2 Å². The maximum atomic E-state index is 3.40. The fraction of sp³-hybridized carbons (Fsp3) is 0.333. The molecule has 0 nitrogen and oxygen atoms in total. The summed E-state index contributed by atoms with van der Waals surface area (Å²) in [6, 6.07) is 21.3. The van der Waals surface area contributed by atoms with Crippen molar-refractivity contribution < 1.29 is 0 Å². The molecule has 0 heterocycles. The normalized spacial score (nSPS) is 11.9. The summed E-state index contributed by atoms with van der Waals surface area (Å²) in [6.07, 6.45) is 9.33. The molecule has 0 aliphatic carbocycles. The van der Waals surface area contributed by atoms with Crippen molar-refractivity contribution in [2.75, 3.05) is 0 Å². The molecule has 0 saturated heterocycles. The van der Waals surface area contributed by atoms with Crippen LogP contribution < -0.4 is 0 Å². The molecule has 4 rings (SSSR count). The van der Waals surface area contributed by atoms with Gasteiger partial charge in [0, 0.05) is 0 Å². The predicted molar refractivity (Wildman–Crippen MR) is 106 cm³/mol. The zero-order valence-corrected chi connectivity index (χ0v) is 14.6. The van der Waals surface area contributed by atoms with Crippen LogP contribution in [0.3, 0.4) is 0 Å². The SMILES string of the molecule is CCCCCCCCc1cc2cc[c]c3ccc4cccc1c4c32. The summed E-state index contributed by atoms with van der Waals surface area (Å²) in [7, 11) is 0. The second-order valence-corrected chi connectivity index (χ2v) is 7.01. The highest BCUT2D eigenvalue weighted by Gasteiger charge is 2.11. The first-order valence-electron chi connectivity index (χ1n) is 9.45. The molecule has 0 amide bonds. The highest BCUT2D eigenvalue weighted by atomic mass is 14.1. The second kappa shape index (κ2) is 6.81. The summed E-state index contributed by atoms with van der Waals surface area (Å²) >= 11 is 0. The van der Waals surface area contributed by atoms with Crippen LogP contribution in [0.4, 0.5) is 0 Å². The van der Waals surface area contributed by atoms with Crippen LogP contribution in [0.5, 0.6) is 0 Å². The Morgan fingerprint density at radius 1 is 0.792 bits per heavy atom. The van der Waals surface area contributed by atoms with Gasteiger partial charge in [0.25, 0.3) is 0 Å². The standard InChI is InChI=1S/C24H25/c1-2-3-4-5-6-7-10-20-17-21-13-8-11-18-15-16-19-12-9-14-22(20)24(19)23(18)21/h8-9,12-17H,2-7,10H2,1H3. The number of aryl methyl sites for hydroxylation is 1. The summed E-state index contributed by atoms with van der Waals surface area (Å²) in [5.41, 5.74) is 1.52. The van der Waals surface area contributed by atoms with Crippen molar-refractivity contribution in [3.63, 3.8) is 0 Å². The van der Waals surface area contributed by atoms with E-state index in [-0.39, 0.29) is 0 Å². The van der Waals surface area contributed by atoms with Gasteiger partial charge in [-0.3, -0.25) is 0 Å². The summed E-state index contributed by atoms with van der Waals surface area (Å²) in [5.74, 6) is 0. The fourth-order valence-electron chi connectivity index (χ4n) is 4.06. The summed E-state index contributed by atoms with van der Waals surface area (Å²) in [5, 5.41) is 8.23. The van der Waals surface area contributed by atoms with E-state index in [1.165, 1.54) is 82.8 Å². The number of hydrogen-bond donors (Lipinski definition) is 0. The van der Waals surface area contributed by atoms with Crippen LogP contribution >= 0.6 is 0 Å². The quantitative estimate of drug-likeness (QED) is 0.248. The molecule has 0 unspecified atom stereocenters. The summed E-state index contributed by atoms with van der Waals surface area (Å²) < 4.78 is 0. The highest BCUT2D eigenvalue weighted by molar-refractivity contribution is 6.23. The lowest BCUT2D eigenvalue weighted by atomic mass is 9.90. The van der Waals surface area contributed by atoms with E-state index < -0.39 is 0 Å². The molecule has 0 heteroatoms. The molecule has 0 N–H and O–H groups in total. The molecule has 0 bridgehead atoms. The van der Waals surface area contributed by atoms with Gasteiger partial charge in [-0.2, -0.15) is 0 Å². The molecule has 0 fully saturated rings. The van der Waals surface area contributed by atoms with Crippen molar-refractivity contribution >= 4 is 32.3 Å². The van der Waals surface area contributed by atoms with Crippen LogP contribution in [-0.2, 0) is 6.42 Å². The predicted octanol–water partition coefficient (Wildman–Crippen LogP) is 7.29. The van der Waals surface area contributed by atoms with Gasteiger partial charge < -0.3 is 0 Å². The number of hydrogen-bond acceptors (Lipinski definition) is 0. The Morgan fingerprint density at radius 2 is 1.67 bits per heavy atom. The molecular weight excluding hydrogens is 288 g/mol. The van der Waals surface area contributed by atoms with Crippen LogP contribution in [0.1, 0.15) is 51.0 Å². The first-order chi connectivity index (χ1) is 11.9. The van der Waals surface area contributed by atoms with E-state index >= 15 is 0 Å². The lowest BCUT2D eigenvalue weighted by Gasteiger charge is -2.14.